The smallest absolute Gasteiger partial charge is 0.127 e. The molecule has 1 saturated heterocycles. The Kier molecular flexibility index (Phi) is 2.82. The second-order valence-electron chi connectivity index (χ2n) is 3.29. The lowest BCUT2D eigenvalue weighted by molar-refractivity contribution is -0.111. The summed E-state index contributed by atoms with van der Waals surface area (Å²) in [6.07, 6.45) is 0.891. The number of hydrogen-bond donors (Lipinski definition) is 2. The third kappa shape index (κ3) is 1.66. The summed E-state index contributed by atoms with van der Waals surface area (Å²) in [6, 6.07) is 9.76. The fourth-order valence-electron chi connectivity index (χ4n) is 1.64. The van der Waals surface area contributed by atoms with Crippen molar-refractivity contribution in [3.05, 3.63) is 35.9 Å². The van der Waals surface area contributed by atoms with Crippen LogP contribution in [0.4, 0.5) is 0 Å². The largest absolute Gasteiger partial charge is 0.303 e. The Labute approximate surface area is 87.4 Å². The van der Waals surface area contributed by atoms with Crippen molar-refractivity contribution in [3.63, 3.8) is 0 Å². The molecule has 4 heteroatoms. The zero-order valence-electron chi connectivity index (χ0n) is 7.48. The zero-order valence-corrected chi connectivity index (χ0v) is 8.24. The van der Waals surface area contributed by atoms with Gasteiger partial charge in [0.15, 0.2) is 0 Å². The summed E-state index contributed by atoms with van der Waals surface area (Å²) < 4.78 is 0. The van der Waals surface area contributed by atoms with Crippen LogP contribution in [-0.4, -0.2) is 11.8 Å². The Hall–Kier alpha value is -0.900. The monoisotopic (exact) mass is 210 g/mol. The highest BCUT2D eigenvalue weighted by molar-refractivity contribution is 6.21. The molecule has 2 rings (SSSR count). The Morgan fingerprint density at radius 2 is 1.93 bits per heavy atom. The van der Waals surface area contributed by atoms with E-state index in [0.717, 1.165) is 11.8 Å². The number of hydrogen-bond acceptors (Lipinski definition) is 3. The van der Waals surface area contributed by atoms with E-state index in [2.05, 4.69) is 10.9 Å². The third-order valence-electron chi connectivity index (χ3n) is 2.42. The summed E-state index contributed by atoms with van der Waals surface area (Å²) in [6.45, 7) is 0. The van der Waals surface area contributed by atoms with Crippen LogP contribution < -0.4 is 10.9 Å². The van der Waals surface area contributed by atoms with E-state index >= 15 is 0 Å². The van der Waals surface area contributed by atoms with Crippen molar-refractivity contribution in [2.24, 2.45) is 5.92 Å². The predicted molar refractivity (Wildman–Crippen MR) is 54.6 cm³/mol. The molecule has 1 aromatic carbocycles. The minimum Gasteiger partial charge on any atom is -0.303 e. The average Bonchev–Trinajstić information content (AvgIpc) is 2.61. The number of aldehydes is 1. The van der Waals surface area contributed by atoms with Crippen molar-refractivity contribution in [2.45, 2.75) is 11.5 Å². The first kappa shape index (κ1) is 9.65. The Morgan fingerprint density at radius 3 is 2.57 bits per heavy atom. The lowest BCUT2D eigenvalue weighted by Crippen LogP contribution is -2.27. The van der Waals surface area contributed by atoms with Gasteiger partial charge in [0, 0.05) is 0 Å². The van der Waals surface area contributed by atoms with Gasteiger partial charge in [-0.15, -0.1) is 11.6 Å². The molecule has 0 amide bonds. The van der Waals surface area contributed by atoms with Gasteiger partial charge in [-0.25, -0.2) is 10.9 Å². The Morgan fingerprint density at radius 1 is 1.21 bits per heavy atom. The highest BCUT2D eigenvalue weighted by Crippen LogP contribution is 2.28. The second kappa shape index (κ2) is 4.09. The van der Waals surface area contributed by atoms with Crippen LogP contribution in [0.2, 0.25) is 0 Å². The van der Waals surface area contributed by atoms with Crippen LogP contribution >= 0.6 is 11.6 Å². The van der Waals surface area contributed by atoms with Crippen LogP contribution in [0.3, 0.4) is 0 Å². The van der Waals surface area contributed by atoms with E-state index in [-0.39, 0.29) is 17.5 Å². The maximum Gasteiger partial charge on any atom is 0.127 e. The number of carbonyl (C=O) groups excluding carboxylic acids is 1. The van der Waals surface area contributed by atoms with Crippen molar-refractivity contribution in [1.82, 2.24) is 10.9 Å². The number of rotatable bonds is 2. The first-order chi connectivity index (χ1) is 6.83. The molecule has 3 atom stereocenters. The first-order valence-corrected chi connectivity index (χ1v) is 4.92. The minimum atomic E-state index is -0.335. The summed E-state index contributed by atoms with van der Waals surface area (Å²) >= 11 is 5.92. The molecule has 1 aromatic rings. The Bertz CT molecular complexity index is 317. The summed E-state index contributed by atoms with van der Waals surface area (Å²) in [5, 5.41) is 0. The first-order valence-electron chi connectivity index (χ1n) is 4.48. The van der Waals surface area contributed by atoms with Gasteiger partial charge in [0.05, 0.1) is 12.0 Å². The second-order valence-corrected chi connectivity index (χ2v) is 3.76. The number of carbonyl (C=O) groups is 1. The molecule has 14 heavy (non-hydrogen) atoms. The molecule has 3 unspecified atom stereocenters. The molecule has 0 aromatic heterocycles. The molecule has 74 valence electrons. The van der Waals surface area contributed by atoms with Crippen LogP contribution in [0, 0.1) is 5.92 Å². The van der Waals surface area contributed by atoms with Gasteiger partial charge in [0.1, 0.15) is 11.8 Å². The lowest BCUT2D eigenvalue weighted by Gasteiger charge is -2.14. The standard InChI is InChI=1S/C10H11ClN2O/c11-10-8(6-14)9(12-13-10)7-4-2-1-3-5-7/h1-6,8-10,12-13H. The molecule has 1 aliphatic heterocycles. The molecular weight excluding hydrogens is 200 g/mol. The molecular formula is C10H11ClN2O. The molecule has 0 bridgehead atoms. The van der Waals surface area contributed by atoms with Crippen molar-refractivity contribution in [2.75, 3.05) is 0 Å². The summed E-state index contributed by atoms with van der Waals surface area (Å²) in [7, 11) is 0. The molecule has 3 nitrogen and oxygen atoms in total. The van der Waals surface area contributed by atoms with Crippen LogP contribution in [0.1, 0.15) is 11.6 Å². The van der Waals surface area contributed by atoms with Gasteiger partial charge < -0.3 is 4.79 Å². The highest BCUT2D eigenvalue weighted by Gasteiger charge is 2.34. The fraction of sp³-hybridized carbons (Fsp3) is 0.300. The van der Waals surface area contributed by atoms with E-state index in [0.29, 0.717) is 0 Å². The molecule has 0 spiro atoms. The molecule has 1 heterocycles. The van der Waals surface area contributed by atoms with Crippen molar-refractivity contribution in [1.29, 1.82) is 0 Å². The van der Waals surface area contributed by atoms with Crippen LogP contribution in [0.25, 0.3) is 0 Å². The SMILES string of the molecule is O=CC1C(Cl)NNC1c1ccccc1. The van der Waals surface area contributed by atoms with E-state index in [1.807, 2.05) is 30.3 Å². The maximum atomic E-state index is 10.8. The molecule has 1 fully saturated rings. The molecule has 0 saturated carbocycles. The van der Waals surface area contributed by atoms with Crippen molar-refractivity contribution < 1.29 is 4.79 Å². The van der Waals surface area contributed by atoms with Gasteiger partial charge >= 0.3 is 0 Å². The fourth-order valence-corrected chi connectivity index (χ4v) is 1.91. The van der Waals surface area contributed by atoms with Crippen LogP contribution in [0.15, 0.2) is 30.3 Å². The summed E-state index contributed by atoms with van der Waals surface area (Å²) in [4.78, 5) is 10.8. The Balaban J connectivity index is 2.23. The van der Waals surface area contributed by atoms with Crippen molar-refractivity contribution >= 4 is 17.9 Å². The molecule has 0 aliphatic carbocycles. The summed E-state index contributed by atoms with van der Waals surface area (Å²) in [5.74, 6) is -0.223. The maximum absolute atomic E-state index is 10.8. The summed E-state index contributed by atoms with van der Waals surface area (Å²) in [5.41, 5.74) is 6.60. The minimum absolute atomic E-state index is 0.0313. The average molecular weight is 211 g/mol. The van der Waals surface area contributed by atoms with E-state index in [9.17, 15) is 4.79 Å². The van der Waals surface area contributed by atoms with Gasteiger partial charge in [0.2, 0.25) is 0 Å². The molecule has 1 aliphatic rings. The predicted octanol–water partition coefficient (Wildman–Crippen LogP) is 1.22. The lowest BCUT2D eigenvalue weighted by atomic mass is 9.96. The number of hydrazine groups is 1. The molecule has 0 radical (unpaired) electrons. The zero-order chi connectivity index (χ0) is 9.97. The quantitative estimate of drug-likeness (QED) is 0.438. The van der Waals surface area contributed by atoms with Crippen LogP contribution in [-0.2, 0) is 4.79 Å². The highest BCUT2D eigenvalue weighted by atomic mass is 35.5. The molecule has 2 N–H and O–H groups in total. The number of alkyl halides is 1. The van der Waals surface area contributed by atoms with E-state index < -0.39 is 0 Å². The normalized spacial score (nSPS) is 31.6. The van der Waals surface area contributed by atoms with Gasteiger partial charge in [-0.3, -0.25) is 0 Å². The van der Waals surface area contributed by atoms with E-state index in [1.165, 1.54) is 0 Å². The van der Waals surface area contributed by atoms with Crippen LogP contribution in [0.5, 0.6) is 0 Å². The van der Waals surface area contributed by atoms with Gasteiger partial charge in [-0.05, 0) is 5.56 Å². The number of benzene rings is 1. The van der Waals surface area contributed by atoms with E-state index in [1.54, 1.807) is 0 Å². The van der Waals surface area contributed by atoms with Gasteiger partial charge in [-0.2, -0.15) is 0 Å². The van der Waals surface area contributed by atoms with Gasteiger partial charge in [-0.1, -0.05) is 30.3 Å². The number of nitrogens with one attached hydrogen (secondary N) is 2. The topological polar surface area (TPSA) is 41.1 Å². The van der Waals surface area contributed by atoms with E-state index in [4.69, 9.17) is 11.6 Å². The van der Waals surface area contributed by atoms with Gasteiger partial charge in [0.25, 0.3) is 0 Å². The third-order valence-corrected chi connectivity index (χ3v) is 2.82. The van der Waals surface area contributed by atoms with Crippen molar-refractivity contribution in [3.8, 4) is 0 Å². The number of halogens is 1.